The first-order chi connectivity index (χ1) is 16.0. The van der Waals surface area contributed by atoms with Gasteiger partial charge < -0.3 is 24.6 Å². The van der Waals surface area contributed by atoms with Crippen molar-refractivity contribution in [2.75, 3.05) is 21.3 Å². The van der Waals surface area contributed by atoms with Crippen LogP contribution in [0, 0.1) is 0 Å². The predicted octanol–water partition coefficient (Wildman–Crippen LogP) is 5.09. The molecule has 0 radical (unpaired) electrons. The van der Waals surface area contributed by atoms with Crippen LogP contribution in [0.5, 0.6) is 23.0 Å². The molecule has 1 unspecified atom stereocenters. The topological polar surface area (TPSA) is 77.0 Å². The number of aromatic hydroxyl groups is 1. The van der Waals surface area contributed by atoms with Crippen molar-refractivity contribution in [3.63, 3.8) is 0 Å². The molecule has 6 heteroatoms. The number of hydrogen-bond donors (Lipinski definition) is 2. The Morgan fingerprint density at radius 3 is 2.24 bits per heavy atom. The third kappa shape index (κ3) is 4.41. The van der Waals surface area contributed by atoms with Crippen LogP contribution in [0.25, 0.3) is 10.8 Å². The van der Waals surface area contributed by atoms with Gasteiger partial charge in [0.05, 0.1) is 27.4 Å². The number of hydrogen-bond acceptors (Lipinski definition) is 5. The summed E-state index contributed by atoms with van der Waals surface area (Å²) >= 11 is 0. The lowest BCUT2D eigenvalue weighted by atomic mass is 9.92. The molecule has 2 N–H and O–H groups in total. The van der Waals surface area contributed by atoms with E-state index in [1.54, 1.807) is 63.8 Å². The second-order valence-electron chi connectivity index (χ2n) is 7.47. The van der Waals surface area contributed by atoms with Crippen LogP contribution in [0.4, 0.5) is 0 Å². The van der Waals surface area contributed by atoms with Gasteiger partial charge in [0.25, 0.3) is 5.91 Å². The van der Waals surface area contributed by atoms with E-state index >= 15 is 0 Å². The van der Waals surface area contributed by atoms with Gasteiger partial charge in [0, 0.05) is 11.1 Å². The molecule has 1 amide bonds. The van der Waals surface area contributed by atoms with Gasteiger partial charge in [-0.05, 0) is 58.8 Å². The van der Waals surface area contributed by atoms with Crippen molar-refractivity contribution in [2.24, 2.45) is 0 Å². The van der Waals surface area contributed by atoms with Crippen LogP contribution in [0.15, 0.2) is 78.9 Å². The third-order valence-electron chi connectivity index (χ3n) is 5.60. The zero-order valence-electron chi connectivity index (χ0n) is 18.7. The Labute approximate surface area is 192 Å². The summed E-state index contributed by atoms with van der Waals surface area (Å²) < 4.78 is 16.0. The fourth-order valence-electron chi connectivity index (χ4n) is 3.90. The molecule has 33 heavy (non-hydrogen) atoms. The zero-order valence-corrected chi connectivity index (χ0v) is 18.7. The summed E-state index contributed by atoms with van der Waals surface area (Å²) in [5.74, 6) is 1.56. The van der Waals surface area contributed by atoms with E-state index in [2.05, 4.69) is 5.32 Å². The number of benzene rings is 4. The molecule has 168 valence electrons. The Morgan fingerprint density at radius 1 is 0.818 bits per heavy atom. The molecular formula is C27H25NO5. The molecule has 1 atom stereocenters. The van der Waals surface area contributed by atoms with Crippen LogP contribution in [0.1, 0.15) is 27.5 Å². The second-order valence-corrected chi connectivity index (χ2v) is 7.47. The lowest BCUT2D eigenvalue weighted by molar-refractivity contribution is 0.0943. The second kappa shape index (κ2) is 9.53. The van der Waals surface area contributed by atoms with Crippen LogP contribution < -0.4 is 19.5 Å². The number of amides is 1. The first-order valence-corrected chi connectivity index (χ1v) is 10.4. The molecule has 4 aromatic rings. The summed E-state index contributed by atoms with van der Waals surface area (Å²) in [7, 11) is 4.70. The molecule has 0 aliphatic heterocycles. The van der Waals surface area contributed by atoms with E-state index in [1.807, 2.05) is 36.4 Å². The lowest BCUT2D eigenvalue weighted by Gasteiger charge is -2.23. The minimum atomic E-state index is -0.648. The number of carbonyl (C=O) groups is 1. The van der Waals surface area contributed by atoms with Crippen molar-refractivity contribution < 1.29 is 24.1 Å². The average Bonchev–Trinajstić information content (AvgIpc) is 2.87. The van der Waals surface area contributed by atoms with Gasteiger partial charge >= 0.3 is 0 Å². The summed E-state index contributed by atoms with van der Waals surface area (Å²) in [5.41, 5.74) is 1.81. The maximum atomic E-state index is 13.2. The SMILES string of the molecule is COc1ccc(C(=O)NC(c2ccc(OC)c(OC)c2)c2c(O)ccc3ccccc23)cc1. The van der Waals surface area contributed by atoms with Crippen molar-refractivity contribution >= 4 is 16.7 Å². The average molecular weight is 443 g/mol. The smallest absolute Gasteiger partial charge is 0.252 e. The molecule has 0 spiro atoms. The summed E-state index contributed by atoms with van der Waals surface area (Å²) in [6.07, 6.45) is 0. The Balaban J connectivity index is 1.84. The van der Waals surface area contributed by atoms with E-state index < -0.39 is 6.04 Å². The predicted molar refractivity (Wildman–Crippen MR) is 127 cm³/mol. The van der Waals surface area contributed by atoms with Crippen LogP contribution in [0.3, 0.4) is 0 Å². The molecule has 6 nitrogen and oxygen atoms in total. The molecule has 0 aliphatic carbocycles. The minimum absolute atomic E-state index is 0.0866. The fraction of sp³-hybridized carbons (Fsp3) is 0.148. The quantitative estimate of drug-likeness (QED) is 0.416. The molecule has 4 aromatic carbocycles. The van der Waals surface area contributed by atoms with Crippen molar-refractivity contribution in [1.29, 1.82) is 0 Å². The molecule has 0 saturated heterocycles. The summed E-state index contributed by atoms with van der Waals surface area (Å²) in [6.45, 7) is 0. The summed E-state index contributed by atoms with van der Waals surface area (Å²) in [5, 5.41) is 15.8. The van der Waals surface area contributed by atoms with Crippen molar-refractivity contribution in [1.82, 2.24) is 5.32 Å². The number of carbonyl (C=O) groups excluding carboxylic acids is 1. The zero-order chi connectivity index (χ0) is 23.4. The van der Waals surface area contributed by atoms with Crippen LogP contribution in [-0.2, 0) is 0 Å². The van der Waals surface area contributed by atoms with Crippen LogP contribution >= 0.6 is 0 Å². The molecule has 0 bridgehead atoms. The van der Waals surface area contributed by atoms with Gasteiger partial charge in [-0.3, -0.25) is 4.79 Å². The van der Waals surface area contributed by atoms with E-state index in [0.717, 1.165) is 16.3 Å². The molecule has 0 heterocycles. The maximum Gasteiger partial charge on any atom is 0.252 e. The minimum Gasteiger partial charge on any atom is -0.508 e. The Morgan fingerprint density at radius 2 is 1.55 bits per heavy atom. The van der Waals surface area contributed by atoms with Crippen molar-refractivity contribution in [3.05, 3.63) is 95.6 Å². The van der Waals surface area contributed by atoms with Gasteiger partial charge in [-0.15, -0.1) is 0 Å². The number of methoxy groups -OCH3 is 3. The van der Waals surface area contributed by atoms with Crippen molar-refractivity contribution in [3.8, 4) is 23.0 Å². The highest BCUT2D eigenvalue weighted by Crippen LogP contribution is 2.38. The molecule has 4 rings (SSSR count). The largest absolute Gasteiger partial charge is 0.508 e. The van der Waals surface area contributed by atoms with E-state index in [9.17, 15) is 9.90 Å². The van der Waals surface area contributed by atoms with Gasteiger partial charge in [0.15, 0.2) is 11.5 Å². The fourth-order valence-corrected chi connectivity index (χ4v) is 3.90. The van der Waals surface area contributed by atoms with Gasteiger partial charge in [0.1, 0.15) is 11.5 Å². The Hall–Kier alpha value is -4.19. The normalized spacial score (nSPS) is 11.6. The highest BCUT2D eigenvalue weighted by molar-refractivity contribution is 5.96. The first kappa shape index (κ1) is 22.0. The molecule has 0 aromatic heterocycles. The molecule has 0 aliphatic rings. The number of phenolic OH excluding ortho intramolecular Hbond substituents is 1. The highest BCUT2D eigenvalue weighted by Gasteiger charge is 2.24. The van der Waals surface area contributed by atoms with E-state index in [4.69, 9.17) is 14.2 Å². The van der Waals surface area contributed by atoms with Crippen molar-refractivity contribution in [2.45, 2.75) is 6.04 Å². The van der Waals surface area contributed by atoms with Crippen LogP contribution in [0.2, 0.25) is 0 Å². The Kier molecular flexibility index (Phi) is 6.36. The van der Waals surface area contributed by atoms with E-state index in [1.165, 1.54) is 0 Å². The standard InChI is InChI=1S/C27H25NO5/c1-31-20-12-8-18(9-13-20)27(30)28-26(19-11-15-23(32-2)24(16-19)33-3)25-21-7-5-4-6-17(21)10-14-22(25)29/h4-16,26,29H,1-3H3,(H,28,30). The number of ether oxygens (including phenoxy) is 3. The molecular weight excluding hydrogens is 418 g/mol. The van der Waals surface area contributed by atoms with E-state index in [-0.39, 0.29) is 11.7 Å². The van der Waals surface area contributed by atoms with E-state index in [0.29, 0.717) is 28.4 Å². The monoisotopic (exact) mass is 443 g/mol. The van der Waals surface area contributed by atoms with Gasteiger partial charge in [-0.25, -0.2) is 0 Å². The maximum absolute atomic E-state index is 13.2. The summed E-state index contributed by atoms with van der Waals surface area (Å²) in [4.78, 5) is 13.2. The lowest BCUT2D eigenvalue weighted by Crippen LogP contribution is -2.29. The highest BCUT2D eigenvalue weighted by atomic mass is 16.5. The van der Waals surface area contributed by atoms with Gasteiger partial charge in [-0.2, -0.15) is 0 Å². The first-order valence-electron chi connectivity index (χ1n) is 10.4. The van der Waals surface area contributed by atoms with Gasteiger partial charge in [-0.1, -0.05) is 36.4 Å². The summed E-state index contributed by atoms with van der Waals surface area (Å²) in [6, 6.07) is 22.9. The number of rotatable bonds is 7. The Bertz CT molecular complexity index is 1280. The number of nitrogens with one attached hydrogen (secondary N) is 1. The van der Waals surface area contributed by atoms with Gasteiger partial charge in [0.2, 0.25) is 0 Å². The number of fused-ring (bicyclic) bond motifs is 1. The van der Waals surface area contributed by atoms with Crippen LogP contribution in [-0.4, -0.2) is 32.3 Å². The molecule has 0 saturated carbocycles. The third-order valence-corrected chi connectivity index (χ3v) is 5.60. The molecule has 0 fully saturated rings. The number of phenols is 1.